The predicted molar refractivity (Wildman–Crippen MR) is 71.6 cm³/mol. The van der Waals surface area contributed by atoms with Crippen LogP contribution in [0.1, 0.15) is 43.1 Å². The average molecular weight is 276 g/mol. The second kappa shape index (κ2) is 5.32. The number of nitrogens with zero attached hydrogens (tertiary/aromatic N) is 2. The van der Waals surface area contributed by atoms with Gasteiger partial charge in [-0.05, 0) is 50.3 Å². The summed E-state index contributed by atoms with van der Waals surface area (Å²) in [7, 11) is 0. The van der Waals surface area contributed by atoms with Crippen molar-refractivity contribution in [2.75, 3.05) is 0 Å². The number of hydrogen-bond donors (Lipinski definition) is 1. The standard InChI is InChI=1S/C15H17FN2O2/c1-9-2-5-11(16)8-13(9)14-17-15(20-18-14)10-3-6-12(19)7-4-10/h2,5,8,10,12,19H,3-4,6-7H2,1H3. The van der Waals surface area contributed by atoms with E-state index in [2.05, 4.69) is 10.1 Å². The van der Waals surface area contributed by atoms with Crippen molar-refractivity contribution in [2.24, 2.45) is 0 Å². The lowest BCUT2D eigenvalue weighted by Crippen LogP contribution is -2.17. The number of hydrogen-bond acceptors (Lipinski definition) is 4. The maximum Gasteiger partial charge on any atom is 0.230 e. The zero-order chi connectivity index (χ0) is 14.1. The molecule has 3 rings (SSSR count). The molecular formula is C15H17FN2O2. The van der Waals surface area contributed by atoms with E-state index in [4.69, 9.17) is 4.52 Å². The molecular weight excluding hydrogens is 259 g/mol. The topological polar surface area (TPSA) is 59.2 Å². The van der Waals surface area contributed by atoms with Crippen LogP contribution in [0, 0.1) is 12.7 Å². The Hall–Kier alpha value is -1.75. The molecule has 2 aromatic rings. The van der Waals surface area contributed by atoms with E-state index in [-0.39, 0.29) is 17.8 Å². The molecule has 0 radical (unpaired) electrons. The van der Waals surface area contributed by atoms with Gasteiger partial charge >= 0.3 is 0 Å². The molecule has 1 aromatic heterocycles. The van der Waals surface area contributed by atoms with Crippen LogP contribution in [0.25, 0.3) is 11.4 Å². The fraction of sp³-hybridized carbons (Fsp3) is 0.467. The smallest absolute Gasteiger partial charge is 0.230 e. The molecule has 0 saturated heterocycles. The van der Waals surface area contributed by atoms with Gasteiger partial charge in [0, 0.05) is 11.5 Å². The molecule has 0 aliphatic heterocycles. The third-order valence-electron chi connectivity index (χ3n) is 3.93. The van der Waals surface area contributed by atoms with Gasteiger partial charge < -0.3 is 9.63 Å². The first-order valence-electron chi connectivity index (χ1n) is 6.91. The van der Waals surface area contributed by atoms with Crippen LogP contribution in [0.4, 0.5) is 4.39 Å². The molecule has 0 unspecified atom stereocenters. The van der Waals surface area contributed by atoms with E-state index < -0.39 is 0 Å². The van der Waals surface area contributed by atoms with Crippen LogP contribution >= 0.6 is 0 Å². The second-order valence-corrected chi connectivity index (χ2v) is 5.42. The second-order valence-electron chi connectivity index (χ2n) is 5.42. The van der Waals surface area contributed by atoms with E-state index >= 15 is 0 Å². The maximum absolute atomic E-state index is 13.3. The number of rotatable bonds is 2. The van der Waals surface area contributed by atoms with Crippen molar-refractivity contribution in [1.82, 2.24) is 10.1 Å². The lowest BCUT2D eigenvalue weighted by molar-refractivity contribution is 0.116. The van der Waals surface area contributed by atoms with Crippen LogP contribution < -0.4 is 0 Å². The van der Waals surface area contributed by atoms with Gasteiger partial charge in [0.25, 0.3) is 0 Å². The van der Waals surface area contributed by atoms with Crippen molar-refractivity contribution < 1.29 is 14.0 Å². The minimum atomic E-state index is -0.308. The Morgan fingerprint density at radius 1 is 1.25 bits per heavy atom. The summed E-state index contributed by atoms with van der Waals surface area (Å²) >= 11 is 0. The predicted octanol–water partition coefficient (Wildman–Crippen LogP) is 3.20. The van der Waals surface area contributed by atoms with E-state index in [1.807, 2.05) is 6.92 Å². The first kappa shape index (κ1) is 13.2. The molecule has 106 valence electrons. The molecule has 0 atom stereocenters. The normalized spacial score (nSPS) is 22.9. The summed E-state index contributed by atoms with van der Waals surface area (Å²) in [5.74, 6) is 0.921. The molecule has 5 heteroatoms. The maximum atomic E-state index is 13.3. The Bertz CT molecular complexity index is 604. The van der Waals surface area contributed by atoms with Gasteiger partial charge in [-0.1, -0.05) is 11.2 Å². The van der Waals surface area contributed by atoms with Crippen LogP contribution in [-0.2, 0) is 0 Å². The molecule has 0 spiro atoms. The summed E-state index contributed by atoms with van der Waals surface area (Å²) in [6.07, 6.45) is 3.03. The Balaban J connectivity index is 1.85. The quantitative estimate of drug-likeness (QED) is 0.915. The third kappa shape index (κ3) is 2.58. The zero-order valence-corrected chi connectivity index (χ0v) is 11.3. The lowest BCUT2D eigenvalue weighted by atomic mass is 9.87. The highest BCUT2D eigenvalue weighted by molar-refractivity contribution is 5.59. The molecule has 1 saturated carbocycles. The number of aliphatic hydroxyl groups is 1. The summed E-state index contributed by atoms with van der Waals surface area (Å²) < 4.78 is 18.6. The summed E-state index contributed by atoms with van der Waals surface area (Å²) in [6, 6.07) is 4.55. The number of aryl methyl sites for hydroxylation is 1. The minimum Gasteiger partial charge on any atom is -0.393 e. The Labute approximate surface area is 116 Å². The number of benzene rings is 1. The molecule has 1 N–H and O–H groups in total. The van der Waals surface area contributed by atoms with Gasteiger partial charge in [0.05, 0.1) is 6.10 Å². The van der Waals surface area contributed by atoms with E-state index in [9.17, 15) is 9.50 Å². The molecule has 1 aliphatic rings. The van der Waals surface area contributed by atoms with Crippen molar-refractivity contribution in [3.05, 3.63) is 35.5 Å². The SMILES string of the molecule is Cc1ccc(F)cc1-c1noc(C2CCC(O)CC2)n1. The number of aromatic nitrogens is 2. The van der Waals surface area contributed by atoms with Gasteiger partial charge in [0.1, 0.15) is 5.82 Å². The van der Waals surface area contributed by atoms with Crippen molar-refractivity contribution in [3.63, 3.8) is 0 Å². The van der Waals surface area contributed by atoms with E-state index in [1.165, 1.54) is 12.1 Å². The van der Waals surface area contributed by atoms with Crippen molar-refractivity contribution in [3.8, 4) is 11.4 Å². The average Bonchev–Trinajstić information content (AvgIpc) is 2.92. The number of halogens is 1. The molecule has 0 bridgehead atoms. The molecule has 0 amide bonds. The van der Waals surface area contributed by atoms with Gasteiger partial charge in [-0.25, -0.2) is 4.39 Å². The highest BCUT2D eigenvalue weighted by Gasteiger charge is 2.25. The fourth-order valence-corrected chi connectivity index (χ4v) is 2.67. The highest BCUT2D eigenvalue weighted by Crippen LogP contribution is 2.33. The van der Waals surface area contributed by atoms with Crippen molar-refractivity contribution in [1.29, 1.82) is 0 Å². The van der Waals surface area contributed by atoms with Crippen molar-refractivity contribution >= 4 is 0 Å². The van der Waals surface area contributed by atoms with Crippen LogP contribution in [0.2, 0.25) is 0 Å². The Kier molecular flexibility index (Phi) is 3.53. The fourth-order valence-electron chi connectivity index (χ4n) is 2.67. The molecule has 1 fully saturated rings. The van der Waals surface area contributed by atoms with Crippen LogP contribution in [0.3, 0.4) is 0 Å². The molecule has 1 aliphatic carbocycles. The summed E-state index contributed by atoms with van der Waals surface area (Å²) in [4.78, 5) is 4.41. The molecule has 4 nitrogen and oxygen atoms in total. The van der Waals surface area contributed by atoms with Crippen LogP contribution in [0.5, 0.6) is 0 Å². The minimum absolute atomic E-state index is 0.202. The zero-order valence-electron chi connectivity index (χ0n) is 11.3. The first-order valence-corrected chi connectivity index (χ1v) is 6.91. The van der Waals surface area contributed by atoms with Crippen LogP contribution in [0.15, 0.2) is 22.7 Å². The van der Waals surface area contributed by atoms with Crippen LogP contribution in [-0.4, -0.2) is 21.4 Å². The third-order valence-corrected chi connectivity index (χ3v) is 3.93. The molecule has 1 heterocycles. The monoisotopic (exact) mass is 276 g/mol. The summed E-state index contributed by atoms with van der Waals surface area (Å²) in [5, 5.41) is 13.5. The largest absolute Gasteiger partial charge is 0.393 e. The van der Waals surface area contributed by atoms with Gasteiger partial charge in [-0.3, -0.25) is 0 Å². The summed E-state index contributed by atoms with van der Waals surface area (Å²) in [5.41, 5.74) is 1.58. The Morgan fingerprint density at radius 3 is 2.75 bits per heavy atom. The molecule has 1 aromatic carbocycles. The van der Waals surface area contributed by atoms with E-state index in [1.54, 1.807) is 6.07 Å². The van der Waals surface area contributed by atoms with Gasteiger partial charge in [-0.2, -0.15) is 4.98 Å². The van der Waals surface area contributed by atoms with Gasteiger partial charge in [0.15, 0.2) is 0 Å². The number of aliphatic hydroxyl groups excluding tert-OH is 1. The highest BCUT2D eigenvalue weighted by atomic mass is 19.1. The summed E-state index contributed by atoms with van der Waals surface area (Å²) in [6.45, 7) is 1.89. The van der Waals surface area contributed by atoms with E-state index in [0.29, 0.717) is 17.3 Å². The van der Waals surface area contributed by atoms with Crippen molar-refractivity contribution in [2.45, 2.75) is 44.6 Å². The van der Waals surface area contributed by atoms with Gasteiger partial charge in [-0.15, -0.1) is 0 Å². The van der Waals surface area contributed by atoms with Gasteiger partial charge in [0.2, 0.25) is 11.7 Å². The van der Waals surface area contributed by atoms with E-state index in [0.717, 1.165) is 31.2 Å². The lowest BCUT2D eigenvalue weighted by Gasteiger charge is -2.22. The Morgan fingerprint density at radius 2 is 2.00 bits per heavy atom. The molecule has 20 heavy (non-hydrogen) atoms. The first-order chi connectivity index (χ1) is 9.63.